The summed E-state index contributed by atoms with van der Waals surface area (Å²) in [5, 5.41) is 0. The van der Waals surface area contributed by atoms with Crippen molar-refractivity contribution < 1.29 is 14.3 Å². The van der Waals surface area contributed by atoms with E-state index in [0.717, 1.165) is 32.9 Å². The number of aromatic nitrogens is 1. The number of carbonyl (C=O) groups excluding carboxylic acids is 1. The highest BCUT2D eigenvalue weighted by molar-refractivity contribution is 7.10. The van der Waals surface area contributed by atoms with Crippen molar-refractivity contribution in [3.05, 3.63) is 59.3 Å². The first-order chi connectivity index (χ1) is 12.0. The number of hydrogen-bond donors (Lipinski definition) is 0. The maximum absolute atomic E-state index is 11.6. The first-order valence-corrected chi connectivity index (χ1v) is 8.61. The van der Waals surface area contributed by atoms with Crippen molar-refractivity contribution in [3.8, 4) is 27.3 Å². The van der Waals surface area contributed by atoms with E-state index in [2.05, 4.69) is 24.3 Å². The van der Waals surface area contributed by atoms with Crippen LogP contribution in [-0.2, 0) is 4.74 Å². The van der Waals surface area contributed by atoms with Crippen LogP contribution in [0.15, 0.2) is 42.6 Å². The summed E-state index contributed by atoms with van der Waals surface area (Å²) in [6.45, 7) is 4.13. The smallest absolute Gasteiger partial charge is 0.337 e. The van der Waals surface area contributed by atoms with E-state index >= 15 is 0 Å². The summed E-state index contributed by atoms with van der Waals surface area (Å²) >= 11 is 1.45. The summed E-state index contributed by atoms with van der Waals surface area (Å²) in [7, 11) is 3.06. The van der Waals surface area contributed by atoms with Gasteiger partial charge in [-0.15, -0.1) is 0 Å². The van der Waals surface area contributed by atoms with Crippen LogP contribution < -0.4 is 4.74 Å². The van der Waals surface area contributed by atoms with Gasteiger partial charge in [0, 0.05) is 11.8 Å². The highest BCUT2D eigenvalue weighted by Crippen LogP contribution is 2.38. The molecule has 3 aromatic rings. The Bertz CT molecular complexity index is 913. The predicted molar refractivity (Wildman–Crippen MR) is 100 cm³/mol. The molecule has 0 saturated heterocycles. The topological polar surface area (TPSA) is 48.4 Å². The quantitative estimate of drug-likeness (QED) is 0.627. The van der Waals surface area contributed by atoms with E-state index in [1.54, 1.807) is 19.2 Å². The number of hydrogen-bond acceptors (Lipinski definition) is 5. The van der Waals surface area contributed by atoms with Crippen molar-refractivity contribution in [3.63, 3.8) is 0 Å². The number of methoxy groups -OCH3 is 2. The number of nitrogens with zero attached hydrogens (tertiary/aromatic N) is 1. The molecule has 0 radical (unpaired) electrons. The third kappa shape index (κ3) is 3.28. The van der Waals surface area contributed by atoms with Crippen molar-refractivity contribution in [2.45, 2.75) is 13.8 Å². The number of benzene rings is 2. The molecule has 25 heavy (non-hydrogen) atoms. The van der Waals surface area contributed by atoms with Gasteiger partial charge in [-0.3, -0.25) is 0 Å². The zero-order chi connectivity index (χ0) is 18.0. The summed E-state index contributed by atoms with van der Waals surface area (Å²) in [6, 6.07) is 11.6. The molecule has 0 aliphatic rings. The van der Waals surface area contributed by atoms with Crippen LogP contribution in [0.4, 0.5) is 0 Å². The van der Waals surface area contributed by atoms with Gasteiger partial charge in [0.15, 0.2) is 0 Å². The molecule has 0 amide bonds. The van der Waals surface area contributed by atoms with E-state index in [1.807, 2.05) is 24.4 Å². The molecule has 0 spiro atoms. The van der Waals surface area contributed by atoms with E-state index < -0.39 is 0 Å². The fraction of sp³-hybridized carbons (Fsp3) is 0.200. The summed E-state index contributed by atoms with van der Waals surface area (Å²) in [6.07, 6.45) is 1.86. The lowest BCUT2D eigenvalue weighted by Crippen LogP contribution is -2.00. The van der Waals surface area contributed by atoms with E-state index in [-0.39, 0.29) is 5.97 Å². The third-order valence-electron chi connectivity index (χ3n) is 4.29. The number of rotatable bonds is 4. The van der Waals surface area contributed by atoms with Crippen LogP contribution in [0.25, 0.3) is 21.6 Å². The first kappa shape index (κ1) is 17.2. The van der Waals surface area contributed by atoms with Crippen molar-refractivity contribution in [2.24, 2.45) is 0 Å². The minimum Gasteiger partial charge on any atom is -0.496 e. The summed E-state index contributed by atoms with van der Waals surface area (Å²) in [5.41, 5.74) is 5.97. The van der Waals surface area contributed by atoms with E-state index in [1.165, 1.54) is 24.2 Å². The summed E-state index contributed by atoms with van der Waals surface area (Å²) in [5.74, 6) is 0.532. The van der Waals surface area contributed by atoms with Gasteiger partial charge in [-0.25, -0.2) is 4.79 Å². The van der Waals surface area contributed by atoms with Gasteiger partial charge in [0.2, 0.25) is 0 Å². The van der Waals surface area contributed by atoms with Gasteiger partial charge < -0.3 is 9.47 Å². The van der Waals surface area contributed by atoms with Crippen molar-refractivity contribution in [2.75, 3.05) is 14.2 Å². The SMILES string of the molecule is COC(=O)c1ccc(-c2cnsc2-c2cc(C)c(C)c(OC)c2)cc1. The molecule has 3 rings (SSSR count). The molecule has 2 aromatic carbocycles. The second-order valence-corrected chi connectivity index (χ2v) is 6.56. The zero-order valence-electron chi connectivity index (χ0n) is 14.6. The minimum absolute atomic E-state index is 0.339. The molecule has 0 N–H and O–H groups in total. The van der Waals surface area contributed by atoms with E-state index in [0.29, 0.717) is 5.56 Å². The monoisotopic (exact) mass is 353 g/mol. The van der Waals surface area contributed by atoms with Gasteiger partial charge in [0.25, 0.3) is 0 Å². The van der Waals surface area contributed by atoms with Crippen molar-refractivity contribution >= 4 is 17.5 Å². The second kappa shape index (κ2) is 7.07. The summed E-state index contributed by atoms with van der Waals surface area (Å²) in [4.78, 5) is 12.7. The maximum atomic E-state index is 11.6. The van der Waals surface area contributed by atoms with E-state index in [4.69, 9.17) is 9.47 Å². The van der Waals surface area contributed by atoms with Crippen LogP contribution in [-0.4, -0.2) is 24.6 Å². The number of ether oxygens (including phenoxy) is 2. The van der Waals surface area contributed by atoms with E-state index in [9.17, 15) is 4.79 Å². The van der Waals surface area contributed by atoms with Crippen molar-refractivity contribution in [1.29, 1.82) is 0 Å². The first-order valence-electron chi connectivity index (χ1n) is 7.84. The average molecular weight is 353 g/mol. The third-order valence-corrected chi connectivity index (χ3v) is 5.14. The molecular formula is C20H19NO3S. The highest BCUT2D eigenvalue weighted by Gasteiger charge is 2.14. The zero-order valence-corrected chi connectivity index (χ0v) is 15.4. The Morgan fingerprint density at radius 3 is 2.40 bits per heavy atom. The van der Waals surface area contributed by atoms with Crippen molar-refractivity contribution in [1.82, 2.24) is 4.37 Å². The fourth-order valence-electron chi connectivity index (χ4n) is 2.73. The molecule has 0 aliphatic carbocycles. The molecular weight excluding hydrogens is 334 g/mol. The largest absolute Gasteiger partial charge is 0.496 e. The summed E-state index contributed by atoms with van der Waals surface area (Å²) < 4.78 is 14.6. The predicted octanol–water partition coefficient (Wildman–Crippen LogP) is 4.89. The molecule has 5 heteroatoms. The van der Waals surface area contributed by atoms with Gasteiger partial charge in [0.05, 0.1) is 24.7 Å². The molecule has 0 saturated carbocycles. The van der Waals surface area contributed by atoms with Gasteiger partial charge >= 0.3 is 5.97 Å². The van der Waals surface area contributed by atoms with Crippen LogP contribution in [0.2, 0.25) is 0 Å². The highest BCUT2D eigenvalue weighted by atomic mass is 32.1. The molecule has 1 heterocycles. The van der Waals surface area contributed by atoms with Crippen LogP contribution in [0.1, 0.15) is 21.5 Å². The van der Waals surface area contributed by atoms with Gasteiger partial charge in [-0.1, -0.05) is 18.2 Å². The van der Waals surface area contributed by atoms with Crippen LogP contribution >= 0.6 is 11.5 Å². The number of carbonyl (C=O) groups is 1. The molecule has 0 atom stereocenters. The molecule has 0 bridgehead atoms. The molecule has 0 aliphatic heterocycles. The van der Waals surface area contributed by atoms with Gasteiger partial charge in [-0.2, -0.15) is 4.37 Å². The Balaban J connectivity index is 2.04. The molecule has 0 fully saturated rings. The molecule has 1 aromatic heterocycles. The fourth-order valence-corrected chi connectivity index (χ4v) is 3.48. The molecule has 128 valence electrons. The minimum atomic E-state index is -0.339. The second-order valence-electron chi connectivity index (χ2n) is 5.76. The Kier molecular flexibility index (Phi) is 4.86. The number of aryl methyl sites for hydroxylation is 1. The Hall–Kier alpha value is -2.66. The van der Waals surface area contributed by atoms with Gasteiger partial charge in [-0.05, 0) is 65.8 Å². The Labute approximate surface area is 151 Å². The Morgan fingerprint density at radius 2 is 1.76 bits per heavy atom. The lowest BCUT2D eigenvalue weighted by molar-refractivity contribution is 0.0601. The number of esters is 1. The van der Waals surface area contributed by atoms with Crippen LogP contribution in [0.5, 0.6) is 5.75 Å². The lowest BCUT2D eigenvalue weighted by Gasteiger charge is -2.11. The molecule has 0 unspecified atom stereocenters. The van der Waals surface area contributed by atoms with Crippen LogP contribution in [0.3, 0.4) is 0 Å². The van der Waals surface area contributed by atoms with Gasteiger partial charge in [0.1, 0.15) is 5.75 Å². The Morgan fingerprint density at radius 1 is 1.04 bits per heavy atom. The average Bonchev–Trinajstić information content (AvgIpc) is 3.13. The lowest BCUT2D eigenvalue weighted by atomic mass is 9.99. The normalized spacial score (nSPS) is 10.6. The standard InChI is InChI=1S/C20H19NO3S/c1-12-9-16(10-18(23-3)13(12)2)19-17(11-21-25-19)14-5-7-15(8-6-14)20(22)24-4/h5-11H,1-4H3. The molecule has 4 nitrogen and oxygen atoms in total. The van der Waals surface area contributed by atoms with Crippen LogP contribution in [0, 0.1) is 13.8 Å². The maximum Gasteiger partial charge on any atom is 0.337 e.